The number of nitrogens with one attached hydrogen (secondary N) is 1. The second kappa shape index (κ2) is 4.05. The molecule has 72 valence electrons. The molecule has 0 saturated heterocycles. The fraction of sp³-hybridized carbons (Fsp3) is 0.500. The summed E-state index contributed by atoms with van der Waals surface area (Å²) in [6.07, 6.45) is 7.90. The molecule has 0 aliphatic heterocycles. The Bertz CT molecular complexity index is 349. The summed E-state index contributed by atoms with van der Waals surface area (Å²) >= 11 is 0. The fourth-order valence-corrected chi connectivity index (χ4v) is 1.79. The number of aromatic nitrogens is 2. The van der Waals surface area contributed by atoms with Crippen molar-refractivity contribution in [3.8, 4) is 6.07 Å². The first kappa shape index (κ1) is 8.95. The summed E-state index contributed by atoms with van der Waals surface area (Å²) in [6, 6.07) is 2.57. The van der Waals surface area contributed by atoms with E-state index in [1.165, 1.54) is 32.0 Å². The van der Waals surface area contributed by atoms with Gasteiger partial charge < -0.3 is 5.32 Å². The van der Waals surface area contributed by atoms with Gasteiger partial charge in [-0.15, -0.1) is 0 Å². The van der Waals surface area contributed by atoms with Crippen molar-refractivity contribution in [3.05, 3.63) is 18.1 Å². The van der Waals surface area contributed by atoms with Gasteiger partial charge in [0.15, 0.2) is 0 Å². The van der Waals surface area contributed by atoms with Crippen molar-refractivity contribution < 1.29 is 0 Å². The third-order valence-electron chi connectivity index (χ3n) is 2.53. The number of hydrogen-bond acceptors (Lipinski definition) is 4. The molecule has 0 aromatic carbocycles. The van der Waals surface area contributed by atoms with Gasteiger partial charge in [-0.05, 0) is 12.8 Å². The van der Waals surface area contributed by atoms with Gasteiger partial charge in [-0.2, -0.15) is 5.26 Å². The van der Waals surface area contributed by atoms with E-state index < -0.39 is 0 Å². The molecule has 1 fully saturated rings. The Kier molecular flexibility index (Phi) is 2.59. The molecule has 0 spiro atoms. The van der Waals surface area contributed by atoms with Crippen LogP contribution in [-0.2, 0) is 0 Å². The van der Waals surface area contributed by atoms with Crippen molar-refractivity contribution in [1.82, 2.24) is 9.97 Å². The van der Waals surface area contributed by atoms with Gasteiger partial charge in [0.25, 0.3) is 0 Å². The second-order valence-electron chi connectivity index (χ2n) is 3.52. The molecule has 0 amide bonds. The lowest BCUT2D eigenvalue weighted by Crippen LogP contribution is -2.16. The fourth-order valence-electron chi connectivity index (χ4n) is 1.79. The molecule has 1 aliphatic rings. The Morgan fingerprint density at radius 1 is 1.43 bits per heavy atom. The zero-order valence-corrected chi connectivity index (χ0v) is 7.90. The summed E-state index contributed by atoms with van der Waals surface area (Å²) in [6.45, 7) is 0. The normalized spacial score (nSPS) is 16.5. The molecule has 4 heteroatoms. The molecule has 0 unspecified atom stereocenters. The first-order chi connectivity index (χ1) is 6.90. The number of rotatable bonds is 2. The third kappa shape index (κ3) is 1.82. The lowest BCUT2D eigenvalue weighted by atomic mass is 10.2. The van der Waals surface area contributed by atoms with Crippen molar-refractivity contribution in [1.29, 1.82) is 5.26 Å². The summed E-state index contributed by atoms with van der Waals surface area (Å²) in [5, 5.41) is 12.1. The lowest BCUT2D eigenvalue weighted by molar-refractivity contribution is 0.749. The Labute approximate surface area is 83.0 Å². The smallest absolute Gasteiger partial charge is 0.147 e. The zero-order chi connectivity index (χ0) is 9.80. The largest absolute Gasteiger partial charge is 0.366 e. The monoisotopic (exact) mass is 188 g/mol. The van der Waals surface area contributed by atoms with Crippen molar-refractivity contribution in [3.63, 3.8) is 0 Å². The maximum atomic E-state index is 8.82. The first-order valence-electron chi connectivity index (χ1n) is 4.87. The highest BCUT2D eigenvalue weighted by Crippen LogP contribution is 2.22. The predicted octanol–water partition coefficient (Wildman–Crippen LogP) is 1.70. The van der Waals surface area contributed by atoms with Crippen LogP contribution in [0.5, 0.6) is 0 Å². The van der Waals surface area contributed by atoms with Crippen LogP contribution in [0.2, 0.25) is 0 Å². The van der Waals surface area contributed by atoms with Crippen molar-refractivity contribution in [2.24, 2.45) is 0 Å². The van der Waals surface area contributed by atoms with Crippen LogP contribution in [0.25, 0.3) is 0 Å². The van der Waals surface area contributed by atoms with E-state index in [2.05, 4.69) is 21.4 Å². The Morgan fingerprint density at radius 2 is 2.21 bits per heavy atom. The molecule has 2 rings (SSSR count). The van der Waals surface area contributed by atoms with Gasteiger partial charge in [0.2, 0.25) is 0 Å². The van der Waals surface area contributed by atoms with Crippen molar-refractivity contribution >= 4 is 5.82 Å². The quantitative estimate of drug-likeness (QED) is 0.767. The van der Waals surface area contributed by atoms with Gasteiger partial charge >= 0.3 is 0 Å². The first-order valence-corrected chi connectivity index (χ1v) is 4.87. The highest BCUT2D eigenvalue weighted by atomic mass is 15.0. The average Bonchev–Trinajstić information content (AvgIpc) is 2.71. The molecule has 1 saturated carbocycles. The van der Waals surface area contributed by atoms with Gasteiger partial charge in [-0.3, -0.25) is 0 Å². The zero-order valence-electron chi connectivity index (χ0n) is 7.90. The molecule has 0 atom stereocenters. The predicted molar refractivity (Wildman–Crippen MR) is 52.6 cm³/mol. The Hall–Kier alpha value is -1.63. The van der Waals surface area contributed by atoms with Gasteiger partial charge in [-0.1, -0.05) is 12.8 Å². The molecule has 14 heavy (non-hydrogen) atoms. The summed E-state index contributed by atoms with van der Waals surface area (Å²) in [4.78, 5) is 7.89. The van der Waals surface area contributed by atoms with E-state index in [0.717, 1.165) is 0 Å². The minimum absolute atomic E-state index is 0.483. The van der Waals surface area contributed by atoms with E-state index in [1.807, 2.05) is 0 Å². The summed E-state index contributed by atoms with van der Waals surface area (Å²) in [5.74, 6) is 0.675. The van der Waals surface area contributed by atoms with Crippen LogP contribution in [0.1, 0.15) is 31.2 Å². The summed E-state index contributed by atoms with van der Waals surface area (Å²) in [5.41, 5.74) is 0.527. The average molecular weight is 188 g/mol. The topological polar surface area (TPSA) is 61.6 Å². The van der Waals surface area contributed by atoms with Crippen molar-refractivity contribution in [2.45, 2.75) is 31.7 Å². The Balaban J connectivity index is 2.11. The maximum Gasteiger partial charge on any atom is 0.147 e. The molecular weight excluding hydrogens is 176 g/mol. The lowest BCUT2D eigenvalue weighted by Gasteiger charge is -2.12. The summed E-state index contributed by atoms with van der Waals surface area (Å²) in [7, 11) is 0. The van der Waals surface area contributed by atoms with E-state index in [0.29, 0.717) is 17.4 Å². The second-order valence-corrected chi connectivity index (χ2v) is 3.52. The van der Waals surface area contributed by atoms with Crippen LogP contribution in [0.15, 0.2) is 12.5 Å². The number of hydrogen-bond donors (Lipinski definition) is 1. The van der Waals surface area contributed by atoms with E-state index in [9.17, 15) is 0 Å². The van der Waals surface area contributed by atoms with Crippen LogP contribution < -0.4 is 5.32 Å². The van der Waals surface area contributed by atoms with E-state index in [4.69, 9.17) is 5.26 Å². The van der Waals surface area contributed by atoms with Gasteiger partial charge in [0.05, 0.1) is 6.20 Å². The standard InChI is InChI=1S/C10H12N4/c11-5-8-6-12-7-13-10(8)14-9-3-1-2-4-9/h6-7,9H,1-4H2,(H,12,13,14). The minimum Gasteiger partial charge on any atom is -0.366 e. The van der Waals surface area contributed by atoms with Crippen molar-refractivity contribution in [2.75, 3.05) is 5.32 Å². The molecule has 1 aromatic heterocycles. The van der Waals surface area contributed by atoms with Crippen LogP contribution >= 0.6 is 0 Å². The van der Waals surface area contributed by atoms with E-state index in [-0.39, 0.29) is 0 Å². The van der Waals surface area contributed by atoms with Gasteiger partial charge in [0, 0.05) is 6.04 Å². The number of anilines is 1. The van der Waals surface area contributed by atoms with Crippen LogP contribution in [0.4, 0.5) is 5.82 Å². The third-order valence-corrected chi connectivity index (χ3v) is 2.53. The molecular formula is C10H12N4. The summed E-state index contributed by atoms with van der Waals surface area (Å²) < 4.78 is 0. The van der Waals surface area contributed by atoms with Crippen LogP contribution in [-0.4, -0.2) is 16.0 Å². The van der Waals surface area contributed by atoms with E-state index in [1.54, 1.807) is 6.20 Å². The molecule has 1 aromatic rings. The molecule has 1 heterocycles. The highest BCUT2D eigenvalue weighted by Gasteiger charge is 2.16. The maximum absolute atomic E-state index is 8.82. The number of nitriles is 1. The Morgan fingerprint density at radius 3 is 2.93 bits per heavy atom. The van der Waals surface area contributed by atoms with Gasteiger partial charge in [0.1, 0.15) is 23.8 Å². The van der Waals surface area contributed by atoms with E-state index >= 15 is 0 Å². The van der Waals surface area contributed by atoms with Gasteiger partial charge in [-0.25, -0.2) is 9.97 Å². The molecule has 4 nitrogen and oxygen atoms in total. The molecule has 1 aliphatic carbocycles. The van der Waals surface area contributed by atoms with Crippen LogP contribution in [0, 0.1) is 11.3 Å². The number of nitrogens with zero attached hydrogens (tertiary/aromatic N) is 3. The highest BCUT2D eigenvalue weighted by molar-refractivity contribution is 5.50. The molecule has 0 radical (unpaired) electrons. The minimum atomic E-state index is 0.483. The molecule has 0 bridgehead atoms. The SMILES string of the molecule is N#Cc1cncnc1NC1CCCC1. The molecule has 1 N–H and O–H groups in total. The van der Waals surface area contributed by atoms with Crippen LogP contribution in [0.3, 0.4) is 0 Å².